The zero-order valence-electron chi connectivity index (χ0n) is 21.2. The minimum Gasteiger partial charge on any atom is -0.488 e. The summed E-state index contributed by atoms with van der Waals surface area (Å²) >= 11 is 1.65. The van der Waals surface area contributed by atoms with Gasteiger partial charge in [-0.15, -0.1) is 11.3 Å². The van der Waals surface area contributed by atoms with Crippen molar-refractivity contribution in [2.45, 2.75) is 20.5 Å². The van der Waals surface area contributed by atoms with E-state index in [2.05, 4.69) is 29.3 Å². The van der Waals surface area contributed by atoms with Gasteiger partial charge in [-0.25, -0.2) is 4.98 Å². The third kappa shape index (κ3) is 4.76. The quantitative estimate of drug-likeness (QED) is 0.434. The van der Waals surface area contributed by atoms with Crippen LogP contribution in [0.1, 0.15) is 27.0 Å². The van der Waals surface area contributed by atoms with Crippen LogP contribution < -0.4 is 9.64 Å². The van der Waals surface area contributed by atoms with Crippen molar-refractivity contribution in [1.82, 2.24) is 9.88 Å². The highest BCUT2D eigenvalue weighted by Gasteiger charge is 2.56. The van der Waals surface area contributed by atoms with Crippen LogP contribution in [0, 0.1) is 31.6 Å². The molecule has 1 aliphatic carbocycles. The SMILES string of the molecule is Cc1ccc(OCc2ccc(C(=O)N3CCOCC3)cc2C)c(-c2csc(N3C[C@@H]4[C@H](C=O)[C@@H]4C3)n2)c1. The van der Waals surface area contributed by atoms with Crippen LogP contribution >= 0.6 is 11.3 Å². The van der Waals surface area contributed by atoms with Crippen LogP contribution in [0.4, 0.5) is 5.13 Å². The smallest absolute Gasteiger partial charge is 0.254 e. The van der Waals surface area contributed by atoms with Gasteiger partial charge in [-0.1, -0.05) is 17.7 Å². The number of aldehydes is 1. The lowest BCUT2D eigenvalue weighted by Gasteiger charge is -2.27. The molecular weight excluding hydrogens is 486 g/mol. The topological polar surface area (TPSA) is 72.0 Å². The second-order valence-electron chi connectivity index (χ2n) is 10.3. The van der Waals surface area contributed by atoms with Crippen molar-refractivity contribution < 1.29 is 19.1 Å². The number of rotatable bonds is 7. The first-order valence-corrected chi connectivity index (χ1v) is 13.8. The Morgan fingerprint density at radius 1 is 1.14 bits per heavy atom. The van der Waals surface area contributed by atoms with Gasteiger partial charge in [-0.05, 0) is 61.1 Å². The molecule has 3 fully saturated rings. The van der Waals surface area contributed by atoms with Gasteiger partial charge in [0.25, 0.3) is 5.91 Å². The molecule has 0 radical (unpaired) electrons. The van der Waals surface area contributed by atoms with Gasteiger partial charge in [-0.2, -0.15) is 0 Å². The molecule has 6 rings (SSSR count). The van der Waals surface area contributed by atoms with Crippen LogP contribution in [-0.4, -0.2) is 61.5 Å². The third-order valence-electron chi connectivity index (χ3n) is 7.86. The number of aromatic nitrogens is 1. The maximum atomic E-state index is 12.8. The molecule has 0 bridgehead atoms. The fraction of sp³-hybridized carbons (Fsp3) is 0.414. The lowest BCUT2D eigenvalue weighted by molar-refractivity contribution is -0.109. The first-order valence-electron chi connectivity index (χ1n) is 12.9. The fourth-order valence-electron chi connectivity index (χ4n) is 5.53. The van der Waals surface area contributed by atoms with Crippen molar-refractivity contribution in [3.8, 4) is 17.0 Å². The summed E-state index contributed by atoms with van der Waals surface area (Å²) < 4.78 is 11.7. The standard InChI is InChI=1S/C29H31N3O4S/c1-18-3-6-27(22(11-18)26-17-37-29(30-26)32-13-23-24(14-32)25(23)15-33)36-16-21-5-4-20(12-19(21)2)28(34)31-7-9-35-10-8-31/h3-6,11-12,15,17,23-25H,7-10,13-14,16H2,1-2H3/t23-,24+,25-. The predicted molar refractivity (Wildman–Crippen MR) is 143 cm³/mol. The summed E-state index contributed by atoms with van der Waals surface area (Å²) in [7, 11) is 0. The number of nitrogens with zero attached hydrogens (tertiary/aromatic N) is 3. The zero-order valence-corrected chi connectivity index (χ0v) is 22.0. The minimum absolute atomic E-state index is 0.0519. The number of anilines is 1. The van der Waals surface area contributed by atoms with Gasteiger partial charge >= 0.3 is 0 Å². The molecular formula is C29H31N3O4S. The number of aryl methyl sites for hydroxylation is 2. The molecule has 2 aromatic carbocycles. The summed E-state index contributed by atoms with van der Waals surface area (Å²) in [6.45, 7) is 8.79. The summed E-state index contributed by atoms with van der Waals surface area (Å²) in [5, 5.41) is 3.10. The van der Waals surface area contributed by atoms with E-state index in [4.69, 9.17) is 14.5 Å². The number of ether oxygens (including phenoxy) is 2. The fourth-order valence-corrected chi connectivity index (χ4v) is 6.37. The molecule has 7 nitrogen and oxygen atoms in total. The number of morpholine rings is 1. The van der Waals surface area contributed by atoms with Gasteiger partial charge in [0.05, 0.1) is 18.9 Å². The van der Waals surface area contributed by atoms with Crippen molar-refractivity contribution in [2.24, 2.45) is 17.8 Å². The summed E-state index contributed by atoms with van der Waals surface area (Å²) in [4.78, 5) is 33.1. The Morgan fingerprint density at radius 2 is 1.92 bits per heavy atom. The van der Waals surface area contributed by atoms with Crippen molar-refractivity contribution in [1.29, 1.82) is 0 Å². The van der Waals surface area contributed by atoms with E-state index in [-0.39, 0.29) is 11.8 Å². The Bertz CT molecular complexity index is 1320. The van der Waals surface area contributed by atoms with Gasteiger partial charge in [0.2, 0.25) is 0 Å². The number of thiazole rings is 1. The van der Waals surface area contributed by atoms with Crippen molar-refractivity contribution >= 4 is 28.7 Å². The highest BCUT2D eigenvalue weighted by Crippen LogP contribution is 2.51. The van der Waals surface area contributed by atoms with Crippen LogP contribution in [0.2, 0.25) is 0 Å². The van der Waals surface area contributed by atoms with Crippen molar-refractivity contribution in [3.05, 3.63) is 64.0 Å². The van der Waals surface area contributed by atoms with Crippen LogP contribution in [0.15, 0.2) is 41.8 Å². The molecule has 3 aromatic rings. The Morgan fingerprint density at radius 3 is 2.65 bits per heavy atom. The van der Waals surface area contributed by atoms with E-state index in [1.807, 2.05) is 36.1 Å². The van der Waals surface area contributed by atoms with E-state index < -0.39 is 0 Å². The lowest BCUT2D eigenvalue weighted by atomic mass is 10.0. The van der Waals surface area contributed by atoms with E-state index in [9.17, 15) is 9.59 Å². The zero-order chi connectivity index (χ0) is 25.5. The molecule has 3 heterocycles. The lowest BCUT2D eigenvalue weighted by Crippen LogP contribution is -2.40. The van der Waals surface area contributed by atoms with Crippen LogP contribution in [0.3, 0.4) is 0 Å². The minimum atomic E-state index is 0.0519. The predicted octanol–water partition coefficient (Wildman–Crippen LogP) is 4.36. The molecule has 1 aromatic heterocycles. The number of amides is 1. The summed E-state index contributed by atoms with van der Waals surface area (Å²) in [5.74, 6) is 2.10. The highest BCUT2D eigenvalue weighted by molar-refractivity contribution is 7.14. The number of hydrogen-bond acceptors (Lipinski definition) is 7. The van der Waals surface area contributed by atoms with Crippen LogP contribution in [0.5, 0.6) is 5.75 Å². The average molecular weight is 518 g/mol. The molecule has 0 unspecified atom stereocenters. The third-order valence-corrected chi connectivity index (χ3v) is 8.76. The molecule has 1 saturated carbocycles. The van der Waals surface area contributed by atoms with Gasteiger partial charge in [0.1, 0.15) is 18.6 Å². The molecule has 2 aliphatic heterocycles. The molecule has 3 atom stereocenters. The number of piperidine rings is 1. The first-order chi connectivity index (χ1) is 18.0. The number of carbonyl (C=O) groups is 2. The number of benzene rings is 2. The number of carbonyl (C=O) groups excluding carboxylic acids is 2. The Hall–Kier alpha value is -3.23. The molecule has 192 valence electrons. The molecule has 0 spiro atoms. The van der Waals surface area contributed by atoms with Gasteiger partial charge in [-0.3, -0.25) is 4.79 Å². The molecule has 3 aliphatic rings. The van der Waals surface area contributed by atoms with Gasteiger partial charge in [0, 0.05) is 48.6 Å². The van der Waals surface area contributed by atoms with E-state index >= 15 is 0 Å². The van der Waals surface area contributed by atoms with Gasteiger partial charge < -0.3 is 24.1 Å². The molecule has 8 heteroatoms. The maximum Gasteiger partial charge on any atom is 0.254 e. The second-order valence-corrected chi connectivity index (χ2v) is 11.1. The molecule has 1 amide bonds. The number of fused-ring (bicyclic) bond motifs is 1. The Labute approximate surface area is 221 Å². The van der Waals surface area contributed by atoms with Crippen molar-refractivity contribution in [3.63, 3.8) is 0 Å². The van der Waals surface area contributed by atoms with Crippen LogP contribution in [0.25, 0.3) is 11.3 Å². The van der Waals surface area contributed by atoms with E-state index in [0.29, 0.717) is 50.3 Å². The summed E-state index contributed by atoms with van der Waals surface area (Å²) in [6.07, 6.45) is 1.12. The number of hydrogen-bond donors (Lipinski definition) is 0. The molecule has 2 saturated heterocycles. The largest absolute Gasteiger partial charge is 0.488 e. The normalized spacial score (nSPS) is 22.6. The van der Waals surface area contributed by atoms with E-state index in [1.54, 1.807) is 11.3 Å². The molecule has 0 N–H and O–H groups in total. The second kappa shape index (κ2) is 9.91. The van der Waals surface area contributed by atoms with Gasteiger partial charge in [0.15, 0.2) is 5.13 Å². The summed E-state index contributed by atoms with van der Waals surface area (Å²) in [6, 6.07) is 12.0. The maximum absolute atomic E-state index is 12.8. The first kappa shape index (κ1) is 24.1. The monoisotopic (exact) mass is 517 g/mol. The Kier molecular flexibility index (Phi) is 6.46. The highest BCUT2D eigenvalue weighted by atomic mass is 32.1. The van der Waals surface area contributed by atoms with Crippen LogP contribution in [-0.2, 0) is 16.1 Å². The van der Waals surface area contributed by atoms with E-state index in [1.165, 1.54) is 0 Å². The van der Waals surface area contributed by atoms with Crippen molar-refractivity contribution in [2.75, 3.05) is 44.3 Å². The average Bonchev–Trinajstić information content (AvgIpc) is 3.25. The van der Waals surface area contributed by atoms with E-state index in [0.717, 1.165) is 58.2 Å². The Balaban J connectivity index is 1.15. The summed E-state index contributed by atoms with van der Waals surface area (Å²) in [5.41, 5.74) is 5.82. The molecule has 37 heavy (non-hydrogen) atoms.